The molecular formula is C8H10ClN3O3. The molecular weight excluding hydrogens is 222 g/mol. The van der Waals surface area contributed by atoms with E-state index in [9.17, 15) is 10.1 Å². The number of halogens is 1. The minimum absolute atomic E-state index is 0.157. The molecule has 1 unspecified atom stereocenters. The Morgan fingerprint density at radius 2 is 2.27 bits per heavy atom. The Morgan fingerprint density at radius 3 is 2.73 bits per heavy atom. The molecule has 3 N–H and O–H groups in total. The highest BCUT2D eigenvalue weighted by molar-refractivity contribution is 6.24. The minimum Gasteiger partial charge on any atom is -0.374 e. The Morgan fingerprint density at radius 1 is 1.60 bits per heavy atom. The van der Waals surface area contributed by atoms with Gasteiger partial charge < -0.3 is 10.4 Å². The second kappa shape index (κ2) is 4.81. The van der Waals surface area contributed by atoms with Crippen molar-refractivity contribution in [2.24, 2.45) is 0 Å². The van der Waals surface area contributed by atoms with E-state index in [1.165, 1.54) is 19.1 Å². The van der Waals surface area contributed by atoms with Crippen molar-refractivity contribution < 1.29 is 10.0 Å². The predicted molar refractivity (Wildman–Crippen MR) is 57.9 cm³/mol. The van der Waals surface area contributed by atoms with Crippen LogP contribution in [0.15, 0.2) is 18.2 Å². The van der Waals surface area contributed by atoms with Crippen molar-refractivity contribution in [3.05, 3.63) is 28.3 Å². The Bertz CT molecular complexity index is 370. The number of aliphatic hydroxyl groups excluding tert-OH is 1. The van der Waals surface area contributed by atoms with Crippen LogP contribution < -0.4 is 10.2 Å². The molecule has 7 heteroatoms. The van der Waals surface area contributed by atoms with Crippen LogP contribution in [0.1, 0.15) is 6.92 Å². The summed E-state index contributed by atoms with van der Waals surface area (Å²) in [6.07, 6.45) is -0.778. The van der Waals surface area contributed by atoms with Crippen molar-refractivity contribution in [1.29, 1.82) is 0 Å². The number of aliphatic hydroxyl groups is 1. The molecule has 0 heterocycles. The Hall–Kier alpha value is -1.53. The zero-order chi connectivity index (χ0) is 11.4. The number of hydrogen-bond donors (Lipinski definition) is 3. The quantitative estimate of drug-likeness (QED) is 0.319. The van der Waals surface area contributed by atoms with Gasteiger partial charge >= 0.3 is 0 Å². The van der Waals surface area contributed by atoms with Gasteiger partial charge in [0.1, 0.15) is 11.9 Å². The Labute approximate surface area is 91.1 Å². The number of rotatable bonds is 4. The molecule has 0 aromatic heterocycles. The van der Waals surface area contributed by atoms with Gasteiger partial charge in [-0.15, -0.1) is 0 Å². The highest BCUT2D eigenvalue weighted by Gasteiger charge is 2.14. The molecule has 0 aliphatic heterocycles. The normalized spacial score (nSPS) is 11.9. The predicted octanol–water partition coefficient (Wildman–Crippen LogP) is 1.91. The van der Waals surface area contributed by atoms with E-state index in [1.807, 2.05) is 0 Å². The molecule has 1 atom stereocenters. The summed E-state index contributed by atoms with van der Waals surface area (Å²) in [7, 11) is 0. The first-order valence-electron chi connectivity index (χ1n) is 4.14. The molecule has 0 amide bonds. The van der Waals surface area contributed by atoms with E-state index in [-0.39, 0.29) is 11.4 Å². The minimum atomic E-state index is -0.778. The maximum atomic E-state index is 10.6. The van der Waals surface area contributed by atoms with Crippen LogP contribution in [0.2, 0.25) is 0 Å². The molecule has 0 saturated carbocycles. The molecule has 0 spiro atoms. The van der Waals surface area contributed by atoms with Crippen LogP contribution >= 0.6 is 11.8 Å². The fourth-order valence-corrected chi connectivity index (χ4v) is 1.25. The molecule has 0 saturated heterocycles. The standard InChI is InChI=1S/C8H10ClN3O3/c1-5(13)10-6-2-3-7(11-9)8(4-6)12(14)15/h2-5,10-11,13H,1H3. The fraction of sp³-hybridized carbons (Fsp3) is 0.250. The lowest BCUT2D eigenvalue weighted by atomic mass is 10.2. The molecule has 82 valence electrons. The number of benzene rings is 1. The monoisotopic (exact) mass is 231 g/mol. The van der Waals surface area contributed by atoms with Crippen LogP contribution in [0.5, 0.6) is 0 Å². The zero-order valence-corrected chi connectivity index (χ0v) is 8.65. The van der Waals surface area contributed by atoms with Gasteiger partial charge in [0.25, 0.3) is 5.69 Å². The van der Waals surface area contributed by atoms with Crippen LogP contribution in [-0.4, -0.2) is 16.3 Å². The van der Waals surface area contributed by atoms with Gasteiger partial charge in [0.15, 0.2) is 0 Å². The summed E-state index contributed by atoms with van der Waals surface area (Å²) in [5.41, 5.74) is 0.501. The highest BCUT2D eigenvalue weighted by Crippen LogP contribution is 2.28. The number of nitrogens with one attached hydrogen (secondary N) is 2. The summed E-state index contributed by atoms with van der Waals surface area (Å²) < 4.78 is 0. The van der Waals surface area contributed by atoms with Gasteiger partial charge in [-0.25, -0.2) is 0 Å². The first-order valence-corrected chi connectivity index (χ1v) is 4.52. The number of anilines is 2. The number of nitro groups is 1. The van der Waals surface area contributed by atoms with E-state index >= 15 is 0 Å². The van der Waals surface area contributed by atoms with Crippen molar-refractivity contribution in [1.82, 2.24) is 0 Å². The summed E-state index contributed by atoms with van der Waals surface area (Å²) in [5, 5.41) is 22.3. The smallest absolute Gasteiger partial charge is 0.295 e. The summed E-state index contributed by atoms with van der Waals surface area (Å²) >= 11 is 5.31. The molecule has 0 radical (unpaired) electrons. The average molecular weight is 232 g/mol. The first-order chi connectivity index (χ1) is 7.04. The number of nitrogens with zero attached hydrogens (tertiary/aromatic N) is 1. The molecule has 15 heavy (non-hydrogen) atoms. The molecule has 1 aromatic rings. The van der Waals surface area contributed by atoms with Gasteiger partial charge in [-0.3, -0.25) is 15.0 Å². The van der Waals surface area contributed by atoms with E-state index in [4.69, 9.17) is 16.9 Å². The van der Waals surface area contributed by atoms with Gasteiger partial charge in [-0.2, -0.15) is 0 Å². The third-order valence-corrected chi connectivity index (χ3v) is 1.88. The van der Waals surface area contributed by atoms with Crippen LogP contribution in [0, 0.1) is 10.1 Å². The largest absolute Gasteiger partial charge is 0.374 e. The molecule has 1 rings (SSSR count). The topological polar surface area (TPSA) is 87.4 Å². The van der Waals surface area contributed by atoms with Crippen molar-refractivity contribution in [3.63, 3.8) is 0 Å². The average Bonchev–Trinajstić information content (AvgIpc) is 2.16. The zero-order valence-electron chi connectivity index (χ0n) is 7.90. The van der Waals surface area contributed by atoms with Crippen molar-refractivity contribution in [3.8, 4) is 0 Å². The van der Waals surface area contributed by atoms with E-state index in [2.05, 4.69) is 10.2 Å². The van der Waals surface area contributed by atoms with Crippen molar-refractivity contribution in [2.45, 2.75) is 13.2 Å². The van der Waals surface area contributed by atoms with E-state index in [0.717, 1.165) is 0 Å². The van der Waals surface area contributed by atoms with Crippen LogP contribution in [-0.2, 0) is 0 Å². The first kappa shape index (κ1) is 11.5. The molecule has 0 bridgehead atoms. The summed E-state index contributed by atoms with van der Waals surface area (Å²) in [5.74, 6) is 0. The Balaban J connectivity index is 3.05. The number of nitro benzene ring substituents is 1. The summed E-state index contributed by atoms with van der Waals surface area (Å²) in [4.78, 5) is 12.3. The van der Waals surface area contributed by atoms with E-state index in [1.54, 1.807) is 6.07 Å². The third kappa shape index (κ3) is 2.97. The second-order valence-electron chi connectivity index (χ2n) is 2.90. The SMILES string of the molecule is CC(O)Nc1ccc(NCl)c([N+](=O)[O-])c1. The van der Waals surface area contributed by atoms with Crippen LogP contribution in [0.4, 0.5) is 17.1 Å². The third-order valence-electron chi connectivity index (χ3n) is 1.67. The fourth-order valence-electron chi connectivity index (χ4n) is 1.09. The van der Waals surface area contributed by atoms with Gasteiger partial charge in [-0.1, -0.05) is 0 Å². The van der Waals surface area contributed by atoms with E-state index < -0.39 is 11.2 Å². The molecule has 1 aromatic carbocycles. The van der Waals surface area contributed by atoms with Crippen LogP contribution in [0.25, 0.3) is 0 Å². The lowest BCUT2D eigenvalue weighted by molar-refractivity contribution is -0.383. The molecule has 0 aliphatic carbocycles. The van der Waals surface area contributed by atoms with Gasteiger partial charge in [0.05, 0.1) is 4.92 Å². The molecule has 0 aliphatic rings. The summed E-state index contributed by atoms with van der Waals surface area (Å²) in [6, 6.07) is 4.32. The van der Waals surface area contributed by atoms with Crippen molar-refractivity contribution in [2.75, 3.05) is 10.2 Å². The lowest BCUT2D eigenvalue weighted by Gasteiger charge is -2.09. The maximum absolute atomic E-state index is 10.6. The number of hydrogen-bond acceptors (Lipinski definition) is 5. The second-order valence-corrected chi connectivity index (χ2v) is 3.09. The van der Waals surface area contributed by atoms with Gasteiger partial charge in [0.2, 0.25) is 0 Å². The lowest BCUT2D eigenvalue weighted by Crippen LogP contribution is -2.13. The van der Waals surface area contributed by atoms with E-state index in [0.29, 0.717) is 5.69 Å². The highest BCUT2D eigenvalue weighted by atomic mass is 35.5. The Kier molecular flexibility index (Phi) is 3.70. The molecule has 0 fully saturated rings. The maximum Gasteiger partial charge on any atom is 0.295 e. The summed E-state index contributed by atoms with van der Waals surface area (Å²) in [6.45, 7) is 1.51. The van der Waals surface area contributed by atoms with Crippen molar-refractivity contribution >= 4 is 28.8 Å². The van der Waals surface area contributed by atoms with Crippen LogP contribution in [0.3, 0.4) is 0 Å². The molecule has 6 nitrogen and oxygen atoms in total. The van der Waals surface area contributed by atoms with Gasteiger partial charge in [-0.05, 0) is 19.1 Å². The van der Waals surface area contributed by atoms with Gasteiger partial charge in [0, 0.05) is 23.5 Å².